The second kappa shape index (κ2) is 8.68. The van der Waals surface area contributed by atoms with Crippen molar-refractivity contribution in [1.29, 1.82) is 0 Å². The molecular formula is C19H24N4O4. The summed E-state index contributed by atoms with van der Waals surface area (Å²) in [5.41, 5.74) is 7.05. The Morgan fingerprint density at radius 3 is 2.52 bits per heavy atom. The van der Waals surface area contributed by atoms with E-state index in [0.29, 0.717) is 38.5 Å². The van der Waals surface area contributed by atoms with Crippen LogP contribution in [0.2, 0.25) is 0 Å². The first-order valence-electron chi connectivity index (χ1n) is 9.04. The van der Waals surface area contributed by atoms with E-state index in [4.69, 9.17) is 14.9 Å². The molecule has 1 aliphatic rings. The highest BCUT2D eigenvalue weighted by molar-refractivity contribution is 5.92. The quantitative estimate of drug-likeness (QED) is 0.863. The lowest BCUT2D eigenvalue weighted by Crippen LogP contribution is -2.50. The van der Waals surface area contributed by atoms with Crippen LogP contribution in [-0.4, -0.2) is 53.0 Å². The highest BCUT2D eigenvalue weighted by atomic mass is 16.6. The highest BCUT2D eigenvalue weighted by Crippen LogP contribution is 2.15. The van der Waals surface area contributed by atoms with Crippen LogP contribution in [0.4, 0.5) is 4.79 Å². The van der Waals surface area contributed by atoms with E-state index in [9.17, 15) is 9.59 Å². The monoisotopic (exact) mass is 372 g/mol. The Morgan fingerprint density at radius 2 is 1.85 bits per heavy atom. The van der Waals surface area contributed by atoms with E-state index in [1.54, 1.807) is 9.80 Å². The first kappa shape index (κ1) is 18.9. The lowest BCUT2D eigenvalue weighted by Gasteiger charge is -2.33. The highest BCUT2D eigenvalue weighted by Gasteiger charge is 2.27. The van der Waals surface area contributed by atoms with Crippen molar-refractivity contribution in [3.63, 3.8) is 0 Å². The van der Waals surface area contributed by atoms with Crippen LogP contribution in [0.25, 0.3) is 0 Å². The fourth-order valence-electron chi connectivity index (χ4n) is 2.80. The van der Waals surface area contributed by atoms with Crippen molar-refractivity contribution in [3.05, 3.63) is 53.7 Å². The van der Waals surface area contributed by atoms with E-state index >= 15 is 0 Å². The minimum absolute atomic E-state index is 0.217. The van der Waals surface area contributed by atoms with Crippen LogP contribution in [0.5, 0.6) is 0 Å². The van der Waals surface area contributed by atoms with Gasteiger partial charge < -0.3 is 24.7 Å². The van der Waals surface area contributed by atoms with Crippen molar-refractivity contribution in [1.82, 2.24) is 14.8 Å². The van der Waals surface area contributed by atoms with Crippen molar-refractivity contribution in [2.45, 2.75) is 26.0 Å². The largest absolute Gasteiger partial charge is 0.446 e. The predicted octanol–water partition coefficient (Wildman–Crippen LogP) is 2.18. The molecule has 0 saturated carbocycles. The van der Waals surface area contributed by atoms with Gasteiger partial charge in [0.25, 0.3) is 5.91 Å². The van der Waals surface area contributed by atoms with E-state index in [-0.39, 0.29) is 30.3 Å². The Morgan fingerprint density at radius 1 is 1.19 bits per heavy atom. The van der Waals surface area contributed by atoms with Gasteiger partial charge in [-0.3, -0.25) is 4.79 Å². The van der Waals surface area contributed by atoms with E-state index in [2.05, 4.69) is 4.98 Å². The molecule has 3 rings (SSSR count). The van der Waals surface area contributed by atoms with Crippen LogP contribution >= 0.6 is 0 Å². The third kappa shape index (κ3) is 4.65. The van der Waals surface area contributed by atoms with Crippen LogP contribution in [0.15, 0.2) is 41.0 Å². The molecule has 0 bridgehead atoms. The topological polar surface area (TPSA) is 102 Å². The molecule has 8 heteroatoms. The molecule has 8 nitrogen and oxygen atoms in total. The van der Waals surface area contributed by atoms with Gasteiger partial charge in [0.1, 0.15) is 12.9 Å². The van der Waals surface area contributed by atoms with Crippen LogP contribution in [0.3, 0.4) is 0 Å². The number of carbonyl (C=O) groups is 2. The summed E-state index contributed by atoms with van der Waals surface area (Å²) in [6.07, 6.45) is 1.65. The number of piperazine rings is 1. The third-order valence-electron chi connectivity index (χ3n) is 4.53. The molecule has 2 aromatic rings. The summed E-state index contributed by atoms with van der Waals surface area (Å²) in [7, 11) is 0. The zero-order chi connectivity index (χ0) is 19.2. The predicted molar refractivity (Wildman–Crippen MR) is 97.8 cm³/mol. The number of hydrogen-bond donors (Lipinski definition) is 1. The Balaban J connectivity index is 1.48. The number of hydrogen-bond acceptors (Lipinski definition) is 6. The lowest BCUT2D eigenvalue weighted by atomic mass is 10.2. The number of oxazole rings is 1. The van der Waals surface area contributed by atoms with Gasteiger partial charge in [0.05, 0.1) is 6.04 Å². The molecule has 0 radical (unpaired) electrons. The molecule has 144 valence electrons. The van der Waals surface area contributed by atoms with Crippen molar-refractivity contribution in [2.75, 3.05) is 26.2 Å². The van der Waals surface area contributed by atoms with Crippen LogP contribution in [-0.2, 0) is 11.3 Å². The van der Waals surface area contributed by atoms with Gasteiger partial charge in [0.2, 0.25) is 5.89 Å². The molecule has 1 unspecified atom stereocenters. The number of amides is 2. The Labute approximate surface area is 157 Å². The molecule has 1 aromatic heterocycles. The third-order valence-corrected chi connectivity index (χ3v) is 4.53. The van der Waals surface area contributed by atoms with Gasteiger partial charge in [0, 0.05) is 26.2 Å². The van der Waals surface area contributed by atoms with Gasteiger partial charge in [-0.25, -0.2) is 9.78 Å². The van der Waals surface area contributed by atoms with Gasteiger partial charge in [-0.15, -0.1) is 0 Å². The summed E-state index contributed by atoms with van der Waals surface area (Å²) >= 11 is 0. The van der Waals surface area contributed by atoms with E-state index in [1.165, 1.54) is 6.26 Å². The molecule has 0 spiro atoms. The van der Waals surface area contributed by atoms with Crippen LogP contribution in [0.1, 0.15) is 41.3 Å². The summed E-state index contributed by atoms with van der Waals surface area (Å²) in [4.78, 5) is 32.2. The number of benzene rings is 1. The molecule has 1 saturated heterocycles. The molecule has 0 aliphatic carbocycles. The average Bonchev–Trinajstić information content (AvgIpc) is 3.22. The zero-order valence-electron chi connectivity index (χ0n) is 15.3. The minimum Gasteiger partial charge on any atom is -0.446 e. The standard InChI is InChI=1S/C19H24N4O4/c1-2-15(20)17-21-16(13-26-17)18(24)22-8-10-23(11-9-22)19(25)27-12-14-6-4-3-5-7-14/h3-7,13,15H,2,8-12,20H2,1H3. The second-order valence-electron chi connectivity index (χ2n) is 6.41. The maximum absolute atomic E-state index is 12.5. The van der Waals surface area contributed by atoms with Crippen molar-refractivity contribution >= 4 is 12.0 Å². The number of carbonyl (C=O) groups excluding carboxylic acids is 2. The molecular weight excluding hydrogens is 348 g/mol. The maximum Gasteiger partial charge on any atom is 0.410 e. The molecule has 1 fully saturated rings. The summed E-state index contributed by atoms with van der Waals surface area (Å²) in [6.45, 7) is 3.82. The molecule has 2 heterocycles. The number of rotatable bonds is 5. The molecule has 2 amide bonds. The fourth-order valence-corrected chi connectivity index (χ4v) is 2.80. The van der Waals surface area contributed by atoms with E-state index in [1.807, 2.05) is 37.3 Å². The molecule has 1 aromatic carbocycles. The molecule has 1 atom stereocenters. The first-order chi connectivity index (χ1) is 13.1. The summed E-state index contributed by atoms with van der Waals surface area (Å²) < 4.78 is 10.6. The number of nitrogens with zero attached hydrogens (tertiary/aromatic N) is 3. The van der Waals surface area contributed by atoms with E-state index < -0.39 is 0 Å². The Hall–Kier alpha value is -2.87. The second-order valence-corrected chi connectivity index (χ2v) is 6.41. The number of aromatic nitrogens is 1. The average molecular weight is 372 g/mol. The summed E-state index contributed by atoms with van der Waals surface area (Å²) in [5.74, 6) is 0.148. The van der Waals surface area contributed by atoms with Crippen molar-refractivity contribution in [3.8, 4) is 0 Å². The van der Waals surface area contributed by atoms with Crippen LogP contribution in [0, 0.1) is 0 Å². The zero-order valence-corrected chi connectivity index (χ0v) is 15.3. The van der Waals surface area contributed by atoms with Gasteiger partial charge in [-0.2, -0.15) is 0 Å². The van der Waals surface area contributed by atoms with Gasteiger partial charge >= 0.3 is 6.09 Å². The molecule has 27 heavy (non-hydrogen) atoms. The number of nitrogens with two attached hydrogens (primary N) is 1. The van der Waals surface area contributed by atoms with Gasteiger partial charge in [-0.05, 0) is 12.0 Å². The summed E-state index contributed by atoms with van der Waals surface area (Å²) in [6, 6.07) is 9.20. The first-order valence-corrected chi connectivity index (χ1v) is 9.04. The lowest BCUT2D eigenvalue weighted by molar-refractivity contribution is 0.0539. The Kier molecular flexibility index (Phi) is 6.08. The molecule has 1 aliphatic heterocycles. The SMILES string of the molecule is CCC(N)c1nc(C(=O)N2CCN(C(=O)OCc3ccccc3)CC2)co1. The molecule has 2 N–H and O–H groups in total. The normalized spacial score (nSPS) is 15.5. The van der Waals surface area contributed by atoms with Crippen molar-refractivity contribution < 1.29 is 18.7 Å². The van der Waals surface area contributed by atoms with Gasteiger partial charge in [0.15, 0.2) is 5.69 Å². The maximum atomic E-state index is 12.5. The Bertz CT molecular complexity index is 769. The minimum atomic E-state index is -0.372. The van der Waals surface area contributed by atoms with E-state index in [0.717, 1.165) is 5.56 Å². The van der Waals surface area contributed by atoms with Crippen molar-refractivity contribution in [2.24, 2.45) is 5.73 Å². The summed E-state index contributed by atoms with van der Waals surface area (Å²) in [5, 5.41) is 0. The van der Waals surface area contributed by atoms with Gasteiger partial charge in [-0.1, -0.05) is 37.3 Å². The number of ether oxygens (including phenoxy) is 1. The smallest absolute Gasteiger partial charge is 0.410 e. The fraction of sp³-hybridized carbons (Fsp3) is 0.421. The van der Waals surface area contributed by atoms with Crippen LogP contribution < -0.4 is 5.73 Å².